The summed E-state index contributed by atoms with van der Waals surface area (Å²) in [6, 6.07) is 5.43. The number of carboxylic acid groups (broad SMARTS) is 1. The Morgan fingerprint density at radius 1 is 1.32 bits per heavy atom. The molecular weight excluding hydrogens is 248 g/mol. The number of carbonyl (C=O) groups excluding carboxylic acids is 2. The molecule has 0 saturated carbocycles. The monoisotopic (exact) mass is 264 g/mol. The zero-order valence-electron chi connectivity index (χ0n) is 11.0. The van der Waals surface area contributed by atoms with E-state index < -0.39 is 17.9 Å². The van der Waals surface area contributed by atoms with Crippen LogP contribution >= 0.6 is 0 Å². The number of hydrogen-bond acceptors (Lipinski definition) is 3. The standard InChI is InChI=1S/C13H16N2O4/c1-8(13(18)19)15(3)12(17)10-5-4-6-11(7-10)14-9(2)16/h4-8H,1-3H3,(H,14,16)(H,18,19). The maximum atomic E-state index is 12.1. The lowest BCUT2D eigenvalue weighted by Gasteiger charge is -2.21. The number of nitrogens with zero attached hydrogens (tertiary/aromatic N) is 1. The number of benzene rings is 1. The van der Waals surface area contributed by atoms with Crippen LogP contribution in [0.1, 0.15) is 24.2 Å². The first-order valence-electron chi connectivity index (χ1n) is 5.70. The van der Waals surface area contributed by atoms with Crippen molar-refractivity contribution in [1.82, 2.24) is 4.90 Å². The van der Waals surface area contributed by atoms with Crippen molar-refractivity contribution in [2.24, 2.45) is 0 Å². The fraction of sp³-hybridized carbons (Fsp3) is 0.308. The molecule has 0 aliphatic carbocycles. The Balaban J connectivity index is 2.93. The summed E-state index contributed by atoms with van der Waals surface area (Å²) >= 11 is 0. The molecule has 0 spiro atoms. The molecule has 0 radical (unpaired) electrons. The number of aliphatic carboxylic acids is 1. The number of rotatable bonds is 4. The zero-order valence-corrected chi connectivity index (χ0v) is 11.0. The summed E-state index contributed by atoms with van der Waals surface area (Å²) in [5.41, 5.74) is 0.816. The van der Waals surface area contributed by atoms with Crippen molar-refractivity contribution in [1.29, 1.82) is 0 Å². The minimum Gasteiger partial charge on any atom is -0.480 e. The van der Waals surface area contributed by atoms with E-state index in [0.29, 0.717) is 11.3 Å². The maximum absolute atomic E-state index is 12.1. The third-order valence-corrected chi connectivity index (χ3v) is 2.69. The number of amides is 2. The molecule has 1 atom stereocenters. The molecule has 1 aromatic rings. The highest BCUT2D eigenvalue weighted by molar-refractivity contribution is 5.98. The average molecular weight is 264 g/mol. The van der Waals surface area contributed by atoms with Gasteiger partial charge in [-0.15, -0.1) is 0 Å². The van der Waals surface area contributed by atoms with E-state index in [4.69, 9.17) is 5.11 Å². The highest BCUT2D eigenvalue weighted by Gasteiger charge is 2.22. The molecule has 6 heteroatoms. The van der Waals surface area contributed by atoms with Gasteiger partial charge in [0.25, 0.3) is 5.91 Å². The lowest BCUT2D eigenvalue weighted by atomic mass is 10.1. The van der Waals surface area contributed by atoms with Crippen LogP contribution in [0.3, 0.4) is 0 Å². The number of likely N-dealkylation sites (N-methyl/N-ethyl adjacent to an activating group) is 1. The Hall–Kier alpha value is -2.37. The summed E-state index contributed by atoms with van der Waals surface area (Å²) in [6.07, 6.45) is 0. The van der Waals surface area contributed by atoms with E-state index in [2.05, 4.69) is 5.32 Å². The van der Waals surface area contributed by atoms with E-state index in [1.165, 1.54) is 27.0 Å². The first kappa shape index (κ1) is 14.7. The van der Waals surface area contributed by atoms with Crippen LogP contribution < -0.4 is 5.32 Å². The Bertz CT molecular complexity index is 513. The van der Waals surface area contributed by atoms with E-state index in [1.54, 1.807) is 18.2 Å². The summed E-state index contributed by atoms with van der Waals surface area (Å²) in [6.45, 7) is 2.80. The topological polar surface area (TPSA) is 86.7 Å². The molecule has 0 fully saturated rings. The van der Waals surface area contributed by atoms with Crippen molar-refractivity contribution < 1.29 is 19.5 Å². The smallest absolute Gasteiger partial charge is 0.326 e. The van der Waals surface area contributed by atoms with E-state index in [1.807, 2.05) is 0 Å². The summed E-state index contributed by atoms with van der Waals surface area (Å²) in [5, 5.41) is 11.4. The molecule has 1 aromatic carbocycles. The van der Waals surface area contributed by atoms with Gasteiger partial charge < -0.3 is 15.3 Å². The second-order valence-corrected chi connectivity index (χ2v) is 4.19. The Morgan fingerprint density at radius 3 is 2.47 bits per heavy atom. The van der Waals surface area contributed by atoms with Gasteiger partial charge in [0.2, 0.25) is 5.91 Å². The van der Waals surface area contributed by atoms with Crippen LogP contribution in [0.2, 0.25) is 0 Å². The Kier molecular flexibility index (Phi) is 4.63. The van der Waals surface area contributed by atoms with Crippen molar-refractivity contribution in [3.05, 3.63) is 29.8 Å². The van der Waals surface area contributed by atoms with E-state index in [-0.39, 0.29) is 5.91 Å². The van der Waals surface area contributed by atoms with Crippen LogP contribution in [-0.4, -0.2) is 40.9 Å². The highest BCUT2D eigenvalue weighted by atomic mass is 16.4. The number of carbonyl (C=O) groups is 3. The highest BCUT2D eigenvalue weighted by Crippen LogP contribution is 2.13. The lowest BCUT2D eigenvalue weighted by Crippen LogP contribution is -2.40. The molecule has 0 aliphatic rings. The number of nitrogens with one attached hydrogen (secondary N) is 1. The first-order chi connectivity index (χ1) is 8.82. The second-order valence-electron chi connectivity index (χ2n) is 4.19. The van der Waals surface area contributed by atoms with Gasteiger partial charge in [0.1, 0.15) is 6.04 Å². The summed E-state index contributed by atoms with van der Waals surface area (Å²) < 4.78 is 0. The normalized spacial score (nSPS) is 11.5. The molecule has 0 bridgehead atoms. The van der Waals surface area contributed by atoms with Crippen LogP contribution in [0.4, 0.5) is 5.69 Å². The number of hydrogen-bond donors (Lipinski definition) is 2. The third-order valence-electron chi connectivity index (χ3n) is 2.69. The Labute approximate surface area is 111 Å². The van der Waals surface area contributed by atoms with Gasteiger partial charge in [0.15, 0.2) is 0 Å². The minimum atomic E-state index is -1.08. The molecule has 2 N–H and O–H groups in total. The molecule has 6 nitrogen and oxygen atoms in total. The van der Waals surface area contributed by atoms with Gasteiger partial charge in [-0.1, -0.05) is 6.07 Å². The van der Waals surface area contributed by atoms with E-state index in [0.717, 1.165) is 4.90 Å². The average Bonchev–Trinajstić information content (AvgIpc) is 2.35. The Morgan fingerprint density at radius 2 is 1.95 bits per heavy atom. The molecule has 19 heavy (non-hydrogen) atoms. The second kappa shape index (κ2) is 5.99. The zero-order chi connectivity index (χ0) is 14.6. The van der Waals surface area contributed by atoms with Crippen molar-refractivity contribution in [2.75, 3.05) is 12.4 Å². The van der Waals surface area contributed by atoms with E-state index >= 15 is 0 Å². The minimum absolute atomic E-state index is 0.239. The van der Waals surface area contributed by atoms with E-state index in [9.17, 15) is 14.4 Å². The van der Waals surface area contributed by atoms with Crippen molar-refractivity contribution in [3.8, 4) is 0 Å². The molecule has 1 unspecified atom stereocenters. The molecular formula is C13H16N2O4. The largest absolute Gasteiger partial charge is 0.480 e. The third kappa shape index (κ3) is 3.80. The number of carboxylic acids is 1. The molecule has 2 amide bonds. The van der Waals surface area contributed by atoms with Gasteiger partial charge >= 0.3 is 5.97 Å². The lowest BCUT2D eigenvalue weighted by molar-refractivity contribution is -0.141. The van der Waals surface area contributed by atoms with Crippen LogP contribution in [0.15, 0.2) is 24.3 Å². The molecule has 0 aliphatic heterocycles. The predicted molar refractivity (Wildman–Crippen MR) is 69.9 cm³/mol. The fourth-order valence-corrected chi connectivity index (χ4v) is 1.48. The van der Waals surface area contributed by atoms with Gasteiger partial charge in [0, 0.05) is 25.2 Å². The van der Waals surface area contributed by atoms with Crippen molar-refractivity contribution in [3.63, 3.8) is 0 Å². The molecule has 0 heterocycles. The molecule has 0 aromatic heterocycles. The summed E-state index contributed by atoms with van der Waals surface area (Å²) in [5.74, 6) is -1.73. The molecule has 1 rings (SSSR count). The maximum Gasteiger partial charge on any atom is 0.326 e. The number of anilines is 1. The SMILES string of the molecule is CC(=O)Nc1cccc(C(=O)N(C)C(C)C(=O)O)c1. The van der Waals surface area contributed by atoms with Gasteiger partial charge in [-0.25, -0.2) is 4.79 Å². The van der Waals surface area contributed by atoms with Crippen molar-refractivity contribution in [2.45, 2.75) is 19.9 Å². The van der Waals surface area contributed by atoms with Gasteiger partial charge in [-0.05, 0) is 25.1 Å². The molecule has 102 valence electrons. The van der Waals surface area contributed by atoms with Crippen LogP contribution in [0.25, 0.3) is 0 Å². The summed E-state index contributed by atoms with van der Waals surface area (Å²) in [7, 11) is 1.42. The van der Waals surface area contributed by atoms with Crippen LogP contribution in [-0.2, 0) is 9.59 Å². The quantitative estimate of drug-likeness (QED) is 0.855. The van der Waals surface area contributed by atoms with Crippen LogP contribution in [0.5, 0.6) is 0 Å². The van der Waals surface area contributed by atoms with Gasteiger partial charge in [0.05, 0.1) is 0 Å². The van der Waals surface area contributed by atoms with Gasteiger partial charge in [-0.2, -0.15) is 0 Å². The van der Waals surface area contributed by atoms with Crippen LogP contribution in [0, 0.1) is 0 Å². The first-order valence-corrected chi connectivity index (χ1v) is 5.70. The predicted octanol–water partition coefficient (Wildman–Crippen LogP) is 1.19. The fourth-order valence-electron chi connectivity index (χ4n) is 1.48. The summed E-state index contributed by atoms with van der Waals surface area (Å²) in [4.78, 5) is 35.0. The van der Waals surface area contributed by atoms with Gasteiger partial charge in [-0.3, -0.25) is 9.59 Å². The molecule has 0 saturated heterocycles. The van der Waals surface area contributed by atoms with Crippen molar-refractivity contribution >= 4 is 23.5 Å².